The molecule has 0 aliphatic rings. The molecule has 3 aromatic rings. The van der Waals surface area contributed by atoms with Crippen molar-refractivity contribution in [1.29, 1.82) is 0 Å². The Morgan fingerprint density at radius 1 is 1.00 bits per heavy atom. The second-order valence-corrected chi connectivity index (χ2v) is 7.78. The Morgan fingerprint density at radius 2 is 1.68 bits per heavy atom. The number of ether oxygens (including phenoxy) is 1. The topological polar surface area (TPSA) is 67.8 Å². The van der Waals surface area contributed by atoms with Gasteiger partial charge < -0.3 is 4.74 Å². The summed E-state index contributed by atoms with van der Waals surface area (Å²) in [6.45, 7) is 2.00. The summed E-state index contributed by atoms with van der Waals surface area (Å²) in [5, 5.41) is 3.79. The third-order valence-corrected chi connectivity index (χ3v) is 5.19. The largest absolute Gasteiger partial charge is 0.489 e. The highest BCUT2D eigenvalue weighted by molar-refractivity contribution is 7.89. The van der Waals surface area contributed by atoms with E-state index in [1.54, 1.807) is 54.6 Å². The Balaban J connectivity index is 1.58. The van der Waals surface area contributed by atoms with E-state index >= 15 is 0 Å². The van der Waals surface area contributed by atoms with Gasteiger partial charge in [-0.15, -0.1) is 0 Å². The summed E-state index contributed by atoms with van der Waals surface area (Å²) in [5.74, 6) is 0.257. The van der Waals surface area contributed by atoms with Crippen LogP contribution in [0.4, 0.5) is 4.39 Å². The van der Waals surface area contributed by atoms with Crippen molar-refractivity contribution in [2.75, 3.05) is 0 Å². The molecule has 0 radical (unpaired) electrons. The monoisotopic (exact) mass is 398 g/mol. The summed E-state index contributed by atoms with van der Waals surface area (Å²) in [6.07, 6.45) is 1.40. The number of benzene rings is 3. The van der Waals surface area contributed by atoms with Gasteiger partial charge in [0, 0.05) is 5.56 Å². The predicted molar refractivity (Wildman–Crippen MR) is 106 cm³/mol. The van der Waals surface area contributed by atoms with E-state index in [9.17, 15) is 12.8 Å². The molecule has 0 saturated carbocycles. The van der Waals surface area contributed by atoms with Gasteiger partial charge >= 0.3 is 0 Å². The van der Waals surface area contributed by atoms with Crippen LogP contribution in [-0.4, -0.2) is 14.6 Å². The average Bonchev–Trinajstić information content (AvgIpc) is 2.69. The summed E-state index contributed by atoms with van der Waals surface area (Å²) >= 11 is 0. The van der Waals surface area contributed by atoms with E-state index < -0.39 is 10.0 Å². The first-order valence-electron chi connectivity index (χ1n) is 8.52. The van der Waals surface area contributed by atoms with Gasteiger partial charge in [0.15, 0.2) is 0 Å². The SMILES string of the molecule is Cc1ccc(S(=O)(=O)N/N=C\c2ccc(OCc3ccccc3F)cc2)cc1. The van der Waals surface area contributed by atoms with E-state index in [-0.39, 0.29) is 17.3 Å². The van der Waals surface area contributed by atoms with Crippen LogP contribution in [0.5, 0.6) is 5.75 Å². The molecule has 0 bridgehead atoms. The Bertz CT molecular complexity index is 1060. The Morgan fingerprint density at radius 3 is 2.36 bits per heavy atom. The van der Waals surface area contributed by atoms with E-state index in [1.165, 1.54) is 24.4 Å². The highest BCUT2D eigenvalue weighted by Gasteiger charge is 2.11. The first-order chi connectivity index (χ1) is 13.4. The molecule has 0 aliphatic carbocycles. The summed E-state index contributed by atoms with van der Waals surface area (Å²) < 4.78 is 43.5. The molecule has 0 heterocycles. The number of sulfonamides is 1. The summed E-state index contributed by atoms with van der Waals surface area (Å²) in [6, 6.07) is 19.8. The molecule has 5 nitrogen and oxygen atoms in total. The Labute approximate surface area is 163 Å². The fraction of sp³-hybridized carbons (Fsp3) is 0.0952. The molecule has 0 spiro atoms. The maximum absolute atomic E-state index is 13.6. The van der Waals surface area contributed by atoms with Crippen molar-refractivity contribution in [3.63, 3.8) is 0 Å². The van der Waals surface area contributed by atoms with Crippen molar-refractivity contribution in [2.45, 2.75) is 18.4 Å². The van der Waals surface area contributed by atoms with Gasteiger partial charge in [-0.3, -0.25) is 0 Å². The number of aryl methyl sites for hydroxylation is 1. The van der Waals surface area contributed by atoms with Gasteiger partial charge in [0.05, 0.1) is 11.1 Å². The Kier molecular flexibility index (Phi) is 6.06. The standard InChI is InChI=1S/C21H19FN2O3S/c1-16-6-12-20(13-7-16)28(25,26)24-23-14-17-8-10-19(11-9-17)27-15-18-4-2-3-5-21(18)22/h2-14,24H,15H2,1H3/b23-14-. The molecule has 1 N–H and O–H groups in total. The van der Waals surface area contributed by atoms with Crippen LogP contribution in [0.15, 0.2) is 82.8 Å². The van der Waals surface area contributed by atoms with E-state index in [0.29, 0.717) is 16.9 Å². The lowest BCUT2D eigenvalue weighted by Crippen LogP contribution is -2.18. The van der Waals surface area contributed by atoms with Crippen molar-refractivity contribution in [3.05, 3.63) is 95.3 Å². The molecule has 0 fully saturated rings. The number of halogens is 1. The number of hydrogen-bond donors (Lipinski definition) is 1. The van der Waals surface area contributed by atoms with Crippen molar-refractivity contribution >= 4 is 16.2 Å². The molecule has 0 aliphatic heterocycles. The molecule has 3 rings (SSSR count). The van der Waals surface area contributed by atoms with Gasteiger partial charge in [0.25, 0.3) is 10.0 Å². The maximum atomic E-state index is 13.6. The number of hydrogen-bond acceptors (Lipinski definition) is 4. The fourth-order valence-electron chi connectivity index (χ4n) is 2.37. The molecule has 7 heteroatoms. The molecule has 0 atom stereocenters. The highest BCUT2D eigenvalue weighted by atomic mass is 32.2. The normalized spacial score (nSPS) is 11.5. The van der Waals surface area contributed by atoms with Crippen molar-refractivity contribution in [3.8, 4) is 5.75 Å². The van der Waals surface area contributed by atoms with Crippen LogP contribution in [0.25, 0.3) is 0 Å². The molecule has 144 valence electrons. The number of nitrogens with one attached hydrogen (secondary N) is 1. The molecular formula is C21H19FN2O3S. The second-order valence-electron chi connectivity index (χ2n) is 6.12. The number of nitrogens with zero attached hydrogens (tertiary/aromatic N) is 1. The van der Waals surface area contributed by atoms with Crippen LogP contribution >= 0.6 is 0 Å². The average molecular weight is 398 g/mol. The zero-order valence-corrected chi connectivity index (χ0v) is 16.0. The molecule has 0 aromatic heterocycles. The second kappa shape index (κ2) is 8.67. The summed E-state index contributed by atoms with van der Waals surface area (Å²) in [5.41, 5.74) is 2.13. The highest BCUT2D eigenvalue weighted by Crippen LogP contribution is 2.15. The van der Waals surface area contributed by atoms with Crippen LogP contribution in [-0.2, 0) is 16.6 Å². The molecule has 0 amide bonds. The van der Waals surface area contributed by atoms with Gasteiger partial charge in [-0.2, -0.15) is 13.5 Å². The summed E-state index contributed by atoms with van der Waals surface area (Å²) in [4.78, 5) is 2.32. The van der Waals surface area contributed by atoms with Crippen LogP contribution in [0.2, 0.25) is 0 Å². The van der Waals surface area contributed by atoms with Crippen LogP contribution < -0.4 is 9.57 Å². The van der Waals surface area contributed by atoms with Crippen LogP contribution in [0, 0.1) is 12.7 Å². The summed E-state index contributed by atoms with van der Waals surface area (Å²) in [7, 11) is -3.71. The quantitative estimate of drug-likeness (QED) is 0.483. The molecule has 0 unspecified atom stereocenters. The van der Waals surface area contributed by atoms with E-state index in [1.807, 2.05) is 6.92 Å². The fourth-order valence-corrected chi connectivity index (χ4v) is 3.16. The zero-order chi connectivity index (χ0) is 20.0. The predicted octanol–water partition coefficient (Wildman–Crippen LogP) is 4.03. The first-order valence-corrected chi connectivity index (χ1v) is 10.0. The molecular weight excluding hydrogens is 379 g/mol. The van der Waals surface area contributed by atoms with Crippen LogP contribution in [0.1, 0.15) is 16.7 Å². The third kappa shape index (κ3) is 5.17. The van der Waals surface area contributed by atoms with Gasteiger partial charge in [0.1, 0.15) is 18.2 Å². The van der Waals surface area contributed by atoms with Gasteiger partial charge in [-0.05, 0) is 55.0 Å². The first kappa shape index (κ1) is 19.6. The van der Waals surface area contributed by atoms with E-state index in [4.69, 9.17) is 4.74 Å². The lowest BCUT2D eigenvalue weighted by molar-refractivity contribution is 0.300. The smallest absolute Gasteiger partial charge is 0.276 e. The Hall–Kier alpha value is -3.19. The minimum absolute atomic E-state index is 0.121. The van der Waals surface area contributed by atoms with E-state index in [0.717, 1.165) is 5.56 Å². The van der Waals surface area contributed by atoms with Gasteiger partial charge in [0.2, 0.25) is 0 Å². The molecule has 3 aromatic carbocycles. The lowest BCUT2D eigenvalue weighted by Gasteiger charge is -2.07. The molecule has 0 saturated heterocycles. The van der Waals surface area contributed by atoms with Gasteiger partial charge in [-0.1, -0.05) is 35.9 Å². The van der Waals surface area contributed by atoms with Crippen molar-refractivity contribution in [1.82, 2.24) is 4.83 Å². The zero-order valence-electron chi connectivity index (χ0n) is 15.2. The van der Waals surface area contributed by atoms with Crippen LogP contribution in [0.3, 0.4) is 0 Å². The minimum Gasteiger partial charge on any atom is -0.489 e. The van der Waals surface area contributed by atoms with Crippen molar-refractivity contribution in [2.24, 2.45) is 5.10 Å². The molecule has 28 heavy (non-hydrogen) atoms. The van der Waals surface area contributed by atoms with Crippen molar-refractivity contribution < 1.29 is 17.5 Å². The maximum Gasteiger partial charge on any atom is 0.276 e. The van der Waals surface area contributed by atoms with E-state index in [2.05, 4.69) is 9.93 Å². The lowest BCUT2D eigenvalue weighted by atomic mass is 10.2. The number of hydrazone groups is 1. The number of rotatable bonds is 7. The van der Waals surface area contributed by atoms with Gasteiger partial charge in [-0.25, -0.2) is 9.22 Å². The minimum atomic E-state index is -3.71. The third-order valence-electron chi connectivity index (χ3n) is 3.95.